The Bertz CT molecular complexity index is 1150. The lowest BCUT2D eigenvalue weighted by atomic mass is 10.2. The van der Waals surface area contributed by atoms with Crippen LogP contribution in [0.25, 0.3) is 10.9 Å². The number of benzene rings is 2. The van der Waals surface area contributed by atoms with E-state index in [9.17, 15) is 14.4 Å². The highest BCUT2D eigenvalue weighted by Crippen LogP contribution is 2.21. The fourth-order valence-corrected chi connectivity index (χ4v) is 3.80. The molecule has 3 aromatic rings. The number of amides is 2. The second-order valence-corrected chi connectivity index (χ2v) is 8.17. The summed E-state index contributed by atoms with van der Waals surface area (Å²) in [5, 5.41) is 6.27. The number of hydrogen-bond acceptors (Lipinski definition) is 5. The molecule has 0 spiro atoms. The van der Waals surface area contributed by atoms with Crippen molar-refractivity contribution >= 4 is 56.1 Å². The summed E-state index contributed by atoms with van der Waals surface area (Å²) in [6, 6.07) is 12.7. The molecule has 0 saturated heterocycles. The van der Waals surface area contributed by atoms with Crippen molar-refractivity contribution in [1.29, 1.82) is 0 Å². The molecule has 0 saturated carbocycles. The van der Waals surface area contributed by atoms with Crippen molar-refractivity contribution < 1.29 is 9.59 Å². The van der Waals surface area contributed by atoms with Gasteiger partial charge in [-0.15, -0.1) is 0 Å². The average Bonchev–Trinajstić information content (AvgIpc) is 2.70. The number of hydrogen-bond donors (Lipinski definition) is 2. The minimum atomic E-state index is -0.332. The molecule has 0 atom stereocenters. The Kier molecular flexibility index (Phi) is 6.71. The van der Waals surface area contributed by atoms with E-state index in [0.717, 1.165) is 21.8 Å². The molecule has 0 bridgehead atoms. The van der Waals surface area contributed by atoms with Gasteiger partial charge in [0.2, 0.25) is 11.8 Å². The molecule has 1 aromatic heterocycles. The normalized spacial score (nSPS) is 10.7. The standard InChI is InChI=1S/C20H19BrN4O3S/c1-12-7-8-15-13(9-12)19(28)25(2)20(24-15)29-11-18(27)22-10-17(26)23-16-6-4-3-5-14(16)21/h3-9H,10-11H2,1-2H3,(H,22,27)(H,23,26). The number of thioether (sulfide) groups is 1. The Morgan fingerprint density at radius 1 is 1.17 bits per heavy atom. The lowest BCUT2D eigenvalue weighted by Crippen LogP contribution is -2.34. The van der Waals surface area contributed by atoms with Gasteiger partial charge in [0.1, 0.15) is 0 Å². The maximum atomic E-state index is 12.5. The number of fused-ring (bicyclic) bond motifs is 1. The first-order valence-corrected chi connectivity index (χ1v) is 10.5. The first kappa shape index (κ1) is 21.1. The zero-order valence-corrected chi connectivity index (χ0v) is 18.3. The molecule has 0 aliphatic heterocycles. The van der Waals surface area contributed by atoms with Gasteiger partial charge in [-0.3, -0.25) is 19.0 Å². The van der Waals surface area contributed by atoms with E-state index in [1.807, 2.05) is 25.1 Å². The van der Waals surface area contributed by atoms with Gasteiger partial charge >= 0.3 is 0 Å². The highest BCUT2D eigenvalue weighted by atomic mass is 79.9. The van der Waals surface area contributed by atoms with E-state index >= 15 is 0 Å². The van der Waals surface area contributed by atoms with Gasteiger partial charge < -0.3 is 10.6 Å². The van der Waals surface area contributed by atoms with E-state index in [0.29, 0.717) is 21.7 Å². The molecule has 2 N–H and O–H groups in total. The lowest BCUT2D eigenvalue weighted by molar-refractivity contribution is -0.122. The fourth-order valence-electron chi connectivity index (χ4n) is 2.61. The molecule has 2 amide bonds. The van der Waals surface area contributed by atoms with Crippen molar-refractivity contribution in [3.63, 3.8) is 0 Å². The van der Waals surface area contributed by atoms with Crippen LogP contribution < -0.4 is 16.2 Å². The summed E-state index contributed by atoms with van der Waals surface area (Å²) in [4.78, 5) is 41.1. The number of nitrogens with zero attached hydrogens (tertiary/aromatic N) is 2. The number of anilines is 1. The van der Waals surface area contributed by atoms with E-state index < -0.39 is 0 Å². The number of rotatable bonds is 6. The summed E-state index contributed by atoms with van der Waals surface area (Å²) in [6.07, 6.45) is 0. The minimum absolute atomic E-state index is 0.0416. The molecule has 3 rings (SSSR count). The van der Waals surface area contributed by atoms with Crippen LogP contribution in [-0.4, -0.2) is 33.7 Å². The summed E-state index contributed by atoms with van der Waals surface area (Å²) >= 11 is 4.50. The summed E-state index contributed by atoms with van der Waals surface area (Å²) in [7, 11) is 1.63. The van der Waals surface area contributed by atoms with Crippen molar-refractivity contribution in [1.82, 2.24) is 14.9 Å². The van der Waals surface area contributed by atoms with Gasteiger partial charge in [-0.25, -0.2) is 4.98 Å². The number of carbonyl (C=O) groups is 2. The first-order chi connectivity index (χ1) is 13.8. The zero-order chi connectivity index (χ0) is 21.0. The second-order valence-electron chi connectivity index (χ2n) is 6.37. The van der Waals surface area contributed by atoms with Crippen LogP contribution in [0.3, 0.4) is 0 Å². The molecule has 29 heavy (non-hydrogen) atoms. The molecule has 1 heterocycles. The molecule has 0 aliphatic carbocycles. The quantitative estimate of drug-likeness (QED) is 0.423. The minimum Gasteiger partial charge on any atom is -0.346 e. The van der Waals surface area contributed by atoms with Crippen LogP contribution in [0.15, 0.2) is 56.9 Å². The predicted molar refractivity (Wildman–Crippen MR) is 118 cm³/mol. The van der Waals surface area contributed by atoms with E-state index in [1.54, 1.807) is 31.3 Å². The van der Waals surface area contributed by atoms with Gasteiger partial charge in [0.25, 0.3) is 5.56 Å². The molecular weight excluding hydrogens is 456 g/mol. The Morgan fingerprint density at radius 2 is 1.93 bits per heavy atom. The maximum Gasteiger partial charge on any atom is 0.261 e. The summed E-state index contributed by atoms with van der Waals surface area (Å²) in [5.74, 6) is -0.614. The molecule has 0 unspecified atom stereocenters. The molecule has 0 fully saturated rings. The van der Waals surface area contributed by atoms with Gasteiger partial charge in [0, 0.05) is 11.5 Å². The molecule has 0 aliphatic rings. The Balaban J connectivity index is 1.57. The average molecular weight is 475 g/mol. The predicted octanol–water partition coefficient (Wildman–Crippen LogP) is 2.85. The highest BCUT2D eigenvalue weighted by molar-refractivity contribution is 9.10. The Labute approximate surface area is 180 Å². The van der Waals surface area contributed by atoms with Gasteiger partial charge in [-0.05, 0) is 47.1 Å². The van der Waals surface area contributed by atoms with E-state index in [1.165, 1.54) is 4.57 Å². The van der Waals surface area contributed by atoms with Gasteiger partial charge in [-0.2, -0.15) is 0 Å². The first-order valence-electron chi connectivity index (χ1n) is 8.76. The zero-order valence-electron chi connectivity index (χ0n) is 15.9. The SMILES string of the molecule is Cc1ccc2nc(SCC(=O)NCC(=O)Nc3ccccc3Br)n(C)c(=O)c2c1. The van der Waals surface area contributed by atoms with Crippen LogP contribution in [-0.2, 0) is 16.6 Å². The largest absolute Gasteiger partial charge is 0.346 e. The van der Waals surface area contributed by atoms with E-state index in [-0.39, 0.29) is 29.7 Å². The van der Waals surface area contributed by atoms with Crippen LogP contribution in [0.2, 0.25) is 0 Å². The number of halogens is 1. The van der Waals surface area contributed by atoms with Crippen LogP contribution in [0, 0.1) is 6.92 Å². The molecule has 2 aromatic carbocycles. The maximum absolute atomic E-state index is 12.5. The van der Waals surface area contributed by atoms with Crippen molar-refractivity contribution in [2.24, 2.45) is 7.05 Å². The Hall–Kier alpha value is -2.65. The van der Waals surface area contributed by atoms with Crippen molar-refractivity contribution in [3.8, 4) is 0 Å². The number of aryl methyl sites for hydroxylation is 1. The molecule has 9 heteroatoms. The topological polar surface area (TPSA) is 93.1 Å². The van der Waals surface area contributed by atoms with Crippen molar-refractivity contribution in [2.75, 3.05) is 17.6 Å². The third-order valence-electron chi connectivity index (χ3n) is 4.12. The summed E-state index contributed by atoms with van der Waals surface area (Å²) < 4.78 is 2.19. The van der Waals surface area contributed by atoms with Gasteiger partial charge in [0.15, 0.2) is 5.16 Å². The van der Waals surface area contributed by atoms with Gasteiger partial charge in [-0.1, -0.05) is 35.5 Å². The summed E-state index contributed by atoms with van der Waals surface area (Å²) in [5.41, 5.74) is 2.05. The number of aromatic nitrogens is 2. The fraction of sp³-hybridized carbons (Fsp3) is 0.200. The molecule has 7 nitrogen and oxygen atoms in total. The van der Waals surface area contributed by atoms with Crippen LogP contribution in [0.4, 0.5) is 5.69 Å². The lowest BCUT2D eigenvalue weighted by Gasteiger charge is -2.10. The van der Waals surface area contributed by atoms with E-state index in [4.69, 9.17) is 0 Å². The number of carbonyl (C=O) groups excluding carboxylic acids is 2. The van der Waals surface area contributed by atoms with Crippen LogP contribution >= 0.6 is 27.7 Å². The van der Waals surface area contributed by atoms with Crippen LogP contribution in [0.1, 0.15) is 5.56 Å². The highest BCUT2D eigenvalue weighted by Gasteiger charge is 2.12. The second kappa shape index (κ2) is 9.23. The Morgan fingerprint density at radius 3 is 2.69 bits per heavy atom. The monoisotopic (exact) mass is 474 g/mol. The third-order valence-corrected chi connectivity index (χ3v) is 5.84. The molecular formula is C20H19BrN4O3S. The van der Waals surface area contributed by atoms with E-state index in [2.05, 4.69) is 31.5 Å². The number of para-hydroxylation sites is 1. The van der Waals surface area contributed by atoms with Crippen molar-refractivity contribution in [3.05, 3.63) is 62.9 Å². The van der Waals surface area contributed by atoms with Crippen molar-refractivity contribution in [2.45, 2.75) is 12.1 Å². The molecule has 150 valence electrons. The summed E-state index contributed by atoms with van der Waals surface area (Å²) in [6.45, 7) is 1.77. The molecule has 0 radical (unpaired) electrons. The third kappa shape index (κ3) is 5.24. The van der Waals surface area contributed by atoms with Gasteiger partial charge in [0.05, 0.1) is 28.9 Å². The van der Waals surface area contributed by atoms with Crippen LogP contribution in [0.5, 0.6) is 0 Å². The smallest absolute Gasteiger partial charge is 0.261 e. The number of nitrogens with one attached hydrogen (secondary N) is 2.